The lowest BCUT2D eigenvalue weighted by Gasteiger charge is -2.33. The predicted molar refractivity (Wildman–Crippen MR) is 67.4 cm³/mol. The molecule has 4 nitrogen and oxygen atoms in total. The molecule has 1 aliphatic carbocycles. The number of carboxylic acid groups (broad SMARTS) is 1. The Bertz CT molecular complexity index is 510. The van der Waals surface area contributed by atoms with Gasteiger partial charge in [0.1, 0.15) is 0 Å². The van der Waals surface area contributed by atoms with E-state index in [1.165, 1.54) is 10.4 Å². The van der Waals surface area contributed by atoms with E-state index in [2.05, 4.69) is 11.4 Å². The van der Waals surface area contributed by atoms with Crippen molar-refractivity contribution >= 4 is 23.2 Å². The third kappa shape index (κ3) is 1.73. The van der Waals surface area contributed by atoms with Crippen LogP contribution in [0.15, 0.2) is 11.4 Å². The van der Waals surface area contributed by atoms with Crippen LogP contribution in [0.3, 0.4) is 0 Å². The number of carbonyl (C=O) groups excluding carboxylic acids is 1. The molecule has 1 aromatic rings. The number of hydrogen-bond donors (Lipinski definition) is 1. The summed E-state index contributed by atoms with van der Waals surface area (Å²) in [6, 6.07) is 2.16. The number of fused-ring (bicyclic) bond motifs is 1. The molecule has 0 saturated heterocycles. The average molecular weight is 265 g/mol. The summed E-state index contributed by atoms with van der Waals surface area (Å²) in [6.07, 6.45) is 1.40. The maximum absolute atomic E-state index is 12.3. The maximum atomic E-state index is 12.3. The highest BCUT2D eigenvalue weighted by atomic mass is 32.1. The van der Waals surface area contributed by atoms with Crippen molar-refractivity contribution in [1.82, 2.24) is 4.90 Å². The van der Waals surface area contributed by atoms with Crippen LogP contribution in [0.1, 0.15) is 29.8 Å². The second-order valence-corrected chi connectivity index (χ2v) is 6.04. The van der Waals surface area contributed by atoms with Crippen LogP contribution >= 0.6 is 11.3 Å². The van der Waals surface area contributed by atoms with Crippen LogP contribution < -0.4 is 0 Å². The standard InChI is InChI=1S/C13H15NO3S/c1-7-8-3-5-18-11(8)2-4-14(7)12(15)9-6-10(9)13(16)17/h3,5,7,9-10H,2,4,6H2,1H3,(H,16,17). The van der Waals surface area contributed by atoms with Crippen LogP contribution in [0.5, 0.6) is 0 Å². The van der Waals surface area contributed by atoms with Crippen LogP contribution in [0, 0.1) is 11.8 Å². The van der Waals surface area contributed by atoms with E-state index in [1.807, 2.05) is 11.8 Å². The molecule has 1 fully saturated rings. The molecule has 5 heteroatoms. The minimum atomic E-state index is -0.839. The molecule has 1 amide bonds. The third-order valence-electron chi connectivity index (χ3n) is 3.99. The van der Waals surface area contributed by atoms with Gasteiger partial charge in [-0.3, -0.25) is 9.59 Å². The zero-order chi connectivity index (χ0) is 12.9. The van der Waals surface area contributed by atoms with E-state index < -0.39 is 11.9 Å². The van der Waals surface area contributed by atoms with E-state index in [9.17, 15) is 9.59 Å². The van der Waals surface area contributed by atoms with E-state index in [1.54, 1.807) is 11.3 Å². The predicted octanol–water partition coefficient (Wildman–Crippen LogP) is 1.91. The lowest BCUT2D eigenvalue weighted by Crippen LogP contribution is -2.39. The normalized spacial score (nSPS) is 29.8. The van der Waals surface area contributed by atoms with Gasteiger partial charge < -0.3 is 10.0 Å². The Labute approximate surface area is 109 Å². The first kappa shape index (κ1) is 11.7. The Morgan fingerprint density at radius 3 is 2.89 bits per heavy atom. The number of rotatable bonds is 2. The van der Waals surface area contributed by atoms with Gasteiger partial charge in [-0.1, -0.05) is 0 Å². The second-order valence-electron chi connectivity index (χ2n) is 5.04. The number of carboxylic acids is 1. The summed E-state index contributed by atoms with van der Waals surface area (Å²) < 4.78 is 0. The summed E-state index contributed by atoms with van der Waals surface area (Å²) in [5.41, 5.74) is 1.23. The van der Waals surface area contributed by atoms with Gasteiger partial charge in [-0.15, -0.1) is 11.3 Å². The van der Waals surface area contributed by atoms with Crippen molar-refractivity contribution < 1.29 is 14.7 Å². The van der Waals surface area contributed by atoms with Gasteiger partial charge >= 0.3 is 5.97 Å². The molecule has 3 atom stereocenters. The SMILES string of the molecule is CC1c2ccsc2CCN1C(=O)C1CC1C(=O)O. The first-order valence-electron chi connectivity index (χ1n) is 6.19. The molecule has 3 rings (SSSR count). The molecule has 2 heterocycles. The minimum absolute atomic E-state index is 0.0201. The monoisotopic (exact) mass is 265 g/mol. The first-order valence-corrected chi connectivity index (χ1v) is 7.07. The molecule has 96 valence electrons. The lowest BCUT2D eigenvalue weighted by molar-refractivity contribution is -0.142. The van der Waals surface area contributed by atoms with Crippen molar-refractivity contribution in [2.24, 2.45) is 11.8 Å². The van der Waals surface area contributed by atoms with Gasteiger partial charge in [0.05, 0.1) is 17.9 Å². The minimum Gasteiger partial charge on any atom is -0.481 e. The van der Waals surface area contributed by atoms with Crippen molar-refractivity contribution in [2.45, 2.75) is 25.8 Å². The molecule has 0 aromatic carbocycles. The summed E-state index contributed by atoms with van der Waals surface area (Å²) in [5.74, 6) is -1.56. The fraction of sp³-hybridized carbons (Fsp3) is 0.538. The second kappa shape index (κ2) is 4.09. The van der Waals surface area contributed by atoms with Gasteiger partial charge in [0.2, 0.25) is 5.91 Å². The van der Waals surface area contributed by atoms with Crippen molar-refractivity contribution in [1.29, 1.82) is 0 Å². The van der Waals surface area contributed by atoms with Gasteiger partial charge in [0.15, 0.2) is 0 Å². The molecule has 0 radical (unpaired) electrons. The molecule has 0 spiro atoms. The van der Waals surface area contributed by atoms with E-state index in [0.29, 0.717) is 6.42 Å². The number of hydrogen-bond acceptors (Lipinski definition) is 3. The molecule has 1 saturated carbocycles. The summed E-state index contributed by atoms with van der Waals surface area (Å²) in [4.78, 5) is 26.3. The summed E-state index contributed by atoms with van der Waals surface area (Å²) >= 11 is 1.74. The number of thiophene rings is 1. The molecule has 1 N–H and O–H groups in total. The Morgan fingerprint density at radius 2 is 2.22 bits per heavy atom. The summed E-state index contributed by atoms with van der Waals surface area (Å²) in [7, 11) is 0. The molecule has 1 aliphatic heterocycles. The first-order chi connectivity index (χ1) is 8.59. The Kier molecular flexibility index (Phi) is 2.66. The highest BCUT2D eigenvalue weighted by molar-refractivity contribution is 7.10. The Balaban J connectivity index is 1.75. The van der Waals surface area contributed by atoms with E-state index in [0.717, 1.165) is 13.0 Å². The maximum Gasteiger partial charge on any atom is 0.307 e. The molecule has 2 aliphatic rings. The van der Waals surface area contributed by atoms with Crippen LogP contribution in [-0.2, 0) is 16.0 Å². The van der Waals surface area contributed by atoms with Crippen LogP contribution in [0.2, 0.25) is 0 Å². The summed E-state index contributed by atoms with van der Waals surface area (Å²) in [5, 5.41) is 11.0. The van der Waals surface area contributed by atoms with Crippen LogP contribution in [0.4, 0.5) is 0 Å². The van der Waals surface area contributed by atoms with Gasteiger partial charge in [-0.05, 0) is 36.8 Å². The van der Waals surface area contributed by atoms with Crippen molar-refractivity contribution in [3.63, 3.8) is 0 Å². The Morgan fingerprint density at radius 1 is 1.44 bits per heavy atom. The number of carbonyl (C=O) groups is 2. The number of nitrogens with zero attached hydrogens (tertiary/aromatic N) is 1. The molecular weight excluding hydrogens is 250 g/mol. The quantitative estimate of drug-likeness (QED) is 0.888. The fourth-order valence-electron chi connectivity index (χ4n) is 2.76. The van der Waals surface area contributed by atoms with Crippen LogP contribution in [0.25, 0.3) is 0 Å². The van der Waals surface area contributed by atoms with Crippen molar-refractivity contribution in [3.8, 4) is 0 Å². The Hall–Kier alpha value is -1.36. The molecule has 3 unspecified atom stereocenters. The highest BCUT2D eigenvalue weighted by Gasteiger charge is 2.50. The zero-order valence-electron chi connectivity index (χ0n) is 10.1. The fourth-order valence-corrected chi connectivity index (χ4v) is 3.73. The zero-order valence-corrected chi connectivity index (χ0v) is 10.9. The molecule has 1 aromatic heterocycles. The highest BCUT2D eigenvalue weighted by Crippen LogP contribution is 2.43. The van der Waals surface area contributed by atoms with Crippen molar-refractivity contribution in [3.05, 3.63) is 21.9 Å². The van der Waals surface area contributed by atoms with E-state index >= 15 is 0 Å². The van der Waals surface area contributed by atoms with Crippen molar-refractivity contribution in [2.75, 3.05) is 6.54 Å². The lowest BCUT2D eigenvalue weighted by atomic mass is 10.0. The molecule has 18 heavy (non-hydrogen) atoms. The largest absolute Gasteiger partial charge is 0.481 e. The molecule has 0 bridgehead atoms. The van der Waals surface area contributed by atoms with Gasteiger partial charge in [0, 0.05) is 11.4 Å². The van der Waals surface area contributed by atoms with Gasteiger partial charge in [-0.2, -0.15) is 0 Å². The van der Waals surface area contributed by atoms with Gasteiger partial charge in [0.25, 0.3) is 0 Å². The third-order valence-corrected chi connectivity index (χ3v) is 4.98. The van der Waals surface area contributed by atoms with Crippen LogP contribution in [-0.4, -0.2) is 28.4 Å². The topological polar surface area (TPSA) is 57.6 Å². The van der Waals surface area contributed by atoms with E-state index in [4.69, 9.17) is 5.11 Å². The van der Waals surface area contributed by atoms with Gasteiger partial charge in [-0.25, -0.2) is 0 Å². The van der Waals surface area contributed by atoms with E-state index in [-0.39, 0.29) is 17.9 Å². The number of aliphatic carboxylic acids is 1. The number of amides is 1. The summed E-state index contributed by atoms with van der Waals surface area (Å²) in [6.45, 7) is 2.75. The average Bonchev–Trinajstić information content (AvgIpc) is 3.00. The smallest absolute Gasteiger partial charge is 0.307 e. The molecular formula is C13H15NO3S.